The summed E-state index contributed by atoms with van der Waals surface area (Å²) in [4.78, 5) is 28.4. The van der Waals surface area contributed by atoms with Gasteiger partial charge >= 0.3 is 0 Å². The summed E-state index contributed by atoms with van der Waals surface area (Å²) in [5.74, 6) is -0.376. The molecule has 2 heterocycles. The summed E-state index contributed by atoms with van der Waals surface area (Å²) >= 11 is 0. The van der Waals surface area contributed by atoms with E-state index >= 15 is 0 Å². The van der Waals surface area contributed by atoms with Crippen molar-refractivity contribution in [2.45, 2.75) is 12.5 Å². The number of hydrogen-bond donors (Lipinski definition) is 1. The fourth-order valence-electron chi connectivity index (χ4n) is 2.90. The van der Waals surface area contributed by atoms with E-state index in [1.807, 2.05) is 30.3 Å². The molecule has 3 rings (SSSR count). The van der Waals surface area contributed by atoms with Crippen molar-refractivity contribution in [1.29, 1.82) is 0 Å². The van der Waals surface area contributed by atoms with E-state index in [-0.39, 0.29) is 30.8 Å². The minimum atomic E-state index is -1.15. The van der Waals surface area contributed by atoms with E-state index < -0.39 is 5.54 Å². The van der Waals surface area contributed by atoms with Crippen molar-refractivity contribution >= 4 is 29.9 Å². The topological polar surface area (TPSA) is 84.5 Å². The van der Waals surface area contributed by atoms with E-state index in [1.54, 1.807) is 35.9 Å². The molecule has 2 aromatic rings. The molecule has 7 nitrogen and oxygen atoms in total. The number of aromatic nitrogens is 2. The molecule has 1 unspecified atom stereocenters. The fraction of sp³-hybridized carbons (Fsp3) is 0.353. The second kappa shape index (κ2) is 7.25. The maximum Gasteiger partial charge on any atom is 0.247 e. The highest BCUT2D eigenvalue weighted by Gasteiger charge is 2.38. The fourth-order valence-corrected chi connectivity index (χ4v) is 2.90. The standard InChI is InChI=1S/C17H21N5O2.ClH/c1-17(18,13-6-4-3-5-7-13)16(24)21-8-9-22(15(23)12-21)14-10-19-20(2)11-14;/h3-7,10-11H,8-9,12,18H2,1-2H3;1H. The number of carbonyl (C=O) groups is 2. The molecule has 0 aliphatic carbocycles. The Hall–Kier alpha value is -2.38. The number of anilines is 1. The molecular formula is C17H22ClN5O2. The number of aryl methyl sites for hydroxylation is 1. The van der Waals surface area contributed by atoms with Gasteiger partial charge in [0.1, 0.15) is 12.1 Å². The van der Waals surface area contributed by atoms with Gasteiger partial charge in [-0.05, 0) is 12.5 Å². The first kappa shape index (κ1) is 19.0. The molecule has 134 valence electrons. The molecule has 1 saturated heterocycles. The molecule has 0 radical (unpaired) electrons. The van der Waals surface area contributed by atoms with Gasteiger partial charge in [-0.2, -0.15) is 5.10 Å². The molecule has 1 aromatic carbocycles. The Balaban J connectivity index is 0.00000225. The second-order valence-electron chi connectivity index (χ2n) is 6.21. The van der Waals surface area contributed by atoms with Gasteiger partial charge in [-0.25, -0.2) is 0 Å². The predicted molar refractivity (Wildman–Crippen MR) is 97.4 cm³/mol. The number of nitrogens with two attached hydrogens (primary N) is 1. The monoisotopic (exact) mass is 363 g/mol. The van der Waals surface area contributed by atoms with Gasteiger partial charge in [0.2, 0.25) is 11.8 Å². The highest BCUT2D eigenvalue weighted by Crippen LogP contribution is 2.23. The van der Waals surface area contributed by atoms with Crippen molar-refractivity contribution in [3.05, 3.63) is 48.3 Å². The third-order valence-electron chi connectivity index (χ3n) is 4.33. The van der Waals surface area contributed by atoms with E-state index in [2.05, 4.69) is 5.10 Å². The summed E-state index contributed by atoms with van der Waals surface area (Å²) in [5, 5.41) is 4.08. The summed E-state index contributed by atoms with van der Waals surface area (Å²) in [6.45, 7) is 2.58. The van der Waals surface area contributed by atoms with E-state index in [4.69, 9.17) is 5.73 Å². The van der Waals surface area contributed by atoms with E-state index in [0.717, 1.165) is 11.3 Å². The Kier molecular flexibility index (Phi) is 5.49. The van der Waals surface area contributed by atoms with Gasteiger partial charge in [-0.15, -0.1) is 12.4 Å². The first-order valence-electron chi connectivity index (χ1n) is 7.82. The Bertz CT molecular complexity index is 759. The van der Waals surface area contributed by atoms with Crippen molar-refractivity contribution in [3.63, 3.8) is 0 Å². The van der Waals surface area contributed by atoms with E-state index in [0.29, 0.717) is 13.1 Å². The molecule has 0 spiro atoms. The van der Waals surface area contributed by atoms with Crippen LogP contribution in [0.4, 0.5) is 5.69 Å². The van der Waals surface area contributed by atoms with Gasteiger partial charge in [0.05, 0.1) is 11.9 Å². The molecule has 1 aliphatic heterocycles. The number of benzene rings is 1. The number of hydrogen-bond acceptors (Lipinski definition) is 4. The lowest BCUT2D eigenvalue weighted by atomic mass is 9.91. The average molecular weight is 364 g/mol. The van der Waals surface area contributed by atoms with Crippen molar-refractivity contribution in [3.8, 4) is 0 Å². The number of nitrogens with zero attached hydrogens (tertiary/aromatic N) is 4. The Morgan fingerprint density at radius 1 is 1.24 bits per heavy atom. The first-order chi connectivity index (χ1) is 11.4. The molecule has 1 fully saturated rings. The Morgan fingerprint density at radius 2 is 1.92 bits per heavy atom. The lowest BCUT2D eigenvalue weighted by molar-refractivity contribution is -0.141. The van der Waals surface area contributed by atoms with Crippen LogP contribution in [0.25, 0.3) is 0 Å². The van der Waals surface area contributed by atoms with Crippen LogP contribution in [0.2, 0.25) is 0 Å². The molecule has 1 aliphatic rings. The Morgan fingerprint density at radius 3 is 2.48 bits per heavy atom. The Labute approximate surface area is 152 Å². The minimum absolute atomic E-state index is 0. The van der Waals surface area contributed by atoms with Crippen LogP contribution in [0.5, 0.6) is 0 Å². The highest BCUT2D eigenvalue weighted by atomic mass is 35.5. The molecule has 1 aromatic heterocycles. The van der Waals surface area contributed by atoms with Crippen LogP contribution in [0.3, 0.4) is 0 Å². The molecule has 2 amide bonds. The van der Waals surface area contributed by atoms with Crippen LogP contribution >= 0.6 is 12.4 Å². The van der Waals surface area contributed by atoms with E-state index in [1.165, 1.54) is 4.90 Å². The van der Waals surface area contributed by atoms with Gasteiger partial charge in [0.25, 0.3) is 0 Å². The predicted octanol–water partition coefficient (Wildman–Crippen LogP) is 0.891. The summed E-state index contributed by atoms with van der Waals surface area (Å²) in [6, 6.07) is 9.22. The van der Waals surface area contributed by atoms with Crippen LogP contribution in [-0.2, 0) is 22.2 Å². The maximum absolute atomic E-state index is 12.8. The van der Waals surface area contributed by atoms with Crippen molar-refractivity contribution < 1.29 is 9.59 Å². The SMILES string of the molecule is Cl.Cn1cc(N2CCN(C(=O)C(C)(N)c3ccccc3)CC2=O)cn1. The van der Waals surface area contributed by atoms with Crippen LogP contribution < -0.4 is 10.6 Å². The number of halogens is 1. The first-order valence-corrected chi connectivity index (χ1v) is 7.82. The normalized spacial score (nSPS) is 17.0. The zero-order chi connectivity index (χ0) is 17.3. The number of carbonyl (C=O) groups excluding carboxylic acids is 2. The smallest absolute Gasteiger partial charge is 0.247 e. The van der Waals surface area contributed by atoms with Gasteiger partial charge in [-0.3, -0.25) is 14.3 Å². The number of piperazine rings is 1. The molecular weight excluding hydrogens is 342 g/mol. The lowest BCUT2D eigenvalue weighted by Crippen LogP contribution is -2.58. The summed E-state index contributed by atoms with van der Waals surface area (Å²) < 4.78 is 1.65. The van der Waals surface area contributed by atoms with Gasteiger partial charge in [-0.1, -0.05) is 30.3 Å². The molecule has 0 bridgehead atoms. The van der Waals surface area contributed by atoms with Gasteiger partial charge in [0.15, 0.2) is 0 Å². The maximum atomic E-state index is 12.8. The zero-order valence-corrected chi connectivity index (χ0v) is 15.1. The van der Waals surface area contributed by atoms with Gasteiger partial charge < -0.3 is 15.5 Å². The van der Waals surface area contributed by atoms with Crippen LogP contribution in [0.15, 0.2) is 42.7 Å². The quantitative estimate of drug-likeness (QED) is 0.877. The molecule has 25 heavy (non-hydrogen) atoms. The van der Waals surface area contributed by atoms with Gasteiger partial charge in [0, 0.05) is 26.3 Å². The molecule has 0 saturated carbocycles. The van der Waals surface area contributed by atoms with E-state index in [9.17, 15) is 9.59 Å². The van der Waals surface area contributed by atoms with Crippen LogP contribution in [-0.4, -0.2) is 46.1 Å². The minimum Gasteiger partial charge on any atom is -0.330 e. The summed E-state index contributed by atoms with van der Waals surface area (Å²) in [7, 11) is 1.80. The molecule has 2 N–H and O–H groups in total. The van der Waals surface area contributed by atoms with Crippen LogP contribution in [0, 0.1) is 0 Å². The zero-order valence-electron chi connectivity index (χ0n) is 14.3. The number of amides is 2. The lowest BCUT2D eigenvalue weighted by Gasteiger charge is -2.37. The molecule has 1 atom stereocenters. The average Bonchev–Trinajstić information content (AvgIpc) is 3.01. The molecule has 8 heteroatoms. The van der Waals surface area contributed by atoms with Crippen molar-refractivity contribution in [1.82, 2.24) is 14.7 Å². The summed E-state index contributed by atoms with van der Waals surface area (Å²) in [6.07, 6.45) is 3.43. The summed E-state index contributed by atoms with van der Waals surface area (Å²) in [5.41, 5.74) is 6.60. The van der Waals surface area contributed by atoms with Crippen molar-refractivity contribution in [2.24, 2.45) is 12.8 Å². The second-order valence-corrected chi connectivity index (χ2v) is 6.21. The third-order valence-corrected chi connectivity index (χ3v) is 4.33. The van der Waals surface area contributed by atoms with Crippen LogP contribution in [0.1, 0.15) is 12.5 Å². The third kappa shape index (κ3) is 3.67. The largest absolute Gasteiger partial charge is 0.330 e. The number of rotatable bonds is 3. The van der Waals surface area contributed by atoms with Crippen molar-refractivity contribution in [2.75, 3.05) is 24.5 Å². The highest BCUT2D eigenvalue weighted by molar-refractivity contribution is 5.99.